The lowest BCUT2D eigenvalue weighted by Crippen LogP contribution is -2.37. The van der Waals surface area contributed by atoms with Gasteiger partial charge in [-0.15, -0.1) is 0 Å². The maximum atomic E-state index is 13.8. The van der Waals surface area contributed by atoms with Crippen LogP contribution in [0.5, 0.6) is 17.2 Å². The Labute approximate surface area is 223 Å². The number of dihydropyridines is 1. The Balaban J connectivity index is 1.51. The molecule has 0 radical (unpaired) electrons. The summed E-state index contributed by atoms with van der Waals surface area (Å²) in [6, 6.07) is 12.5. The number of nitrogens with one attached hydrogen (secondary N) is 1. The highest BCUT2D eigenvalue weighted by Gasteiger charge is 2.42. The van der Waals surface area contributed by atoms with Gasteiger partial charge in [-0.1, -0.05) is 24.6 Å². The van der Waals surface area contributed by atoms with Gasteiger partial charge in [-0.2, -0.15) is 0 Å². The van der Waals surface area contributed by atoms with E-state index in [2.05, 4.69) is 5.32 Å². The van der Waals surface area contributed by atoms with Crippen molar-refractivity contribution in [3.8, 4) is 17.2 Å². The van der Waals surface area contributed by atoms with Crippen LogP contribution in [0.1, 0.15) is 74.8 Å². The van der Waals surface area contributed by atoms with Gasteiger partial charge in [-0.05, 0) is 80.3 Å². The van der Waals surface area contributed by atoms with Gasteiger partial charge in [0, 0.05) is 29.3 Å². The highest BCUT2D eigenvalue weighted by molar-refractivity contribution is 6.04. The Morgan fingerprint density at radius 1 is 0.921 bits per heavy atom. The first-order chi connectivity index (χ1) is 18.4. The van der Waals surface area contributed by atoms with Gasteiger partial charge in [-0.25, -0.2) is 4.79 Å². The molecule has 0 aromatic heterocycles. The molecule has 2 atom stereocenters. The number of benzene rings is 2. The van der Waals surface area contributed by atoms with Crippen LogP contribution in [0, 0.1) is 0 Å². The van der Waals surface area contributed by atoms with Crippen molar-refractivity contribution in [2.45, 2.75) is 69.8 Å². The first kappa shape index (κ1) is 25.9. The van der Waals surface area contributed by atoms with E-state index in [9.17, 15) is 14.7 Å². The number of esters is 1. The van der Waals surface area contributed by atoms with Crippen molar-refractivity contribution < 1.29 is 28.9 Å². The molecule has 1 aliphatic heterocycles. The molecule has 7 heteroatoms. The second-order valence-corrected chi connectivity index (χ2v) is 10.4. The number of ketones is 1. The van der Waals surface area contributed by atoms with Gasteiger partial charge < -0.3 is 24.6 Å². The van der Waals surface area contributed by atoms with Crippen LogP contribution >= 0.6 is 0 Å². The lowest BCUT2D eigenvalue weighted by molar-refractivity contribution is -0.146. The van der Waals surface area contributed by atoms with Crippen LogP contribution in [-0.4, -0.2) is 37.2 Å². The number of phenols is 1. The minimum atomic E-state index is -0.554. The van der Waals surface area contributed by atoms with Crippen LogP contribution in [0.3, 0.4) is 0 Å². The van der Waals surface area contributed by atoms with E-state index in [1.807, 2.05) is 25.1 Å². The second-order valence-electron chi connectivity index (χ2n) is 10.4. The van der Waals surface area contributed by atoms with Crippen LogP contribution in [-0.2, 0) is 14.3 Å². The predicted octanol–water partition coefficient (Wildman–Crippen LogP) is 5.65. The highest BCUT2D eigenvalue weighted by atomic mass is 16.5. The van der Waals surface area contributed by atoms with Crippen molar-refractivity contribution in [1.29, 1.82) is 0 Å². The molecule has 0 saturated heterocycles. The molecule has 2 aliphatic carbocycles. The number of methoxy groups -OCH3 is 2. The Morgan fingerprint density at radius 3 is 2.29 bits per heavy atom. The molecular weight excluding hydrogens is 482 g/mol. The Morgan fingerprint density at radius 2 is 1.61 bits per heavy atom. The fourth-order valence-electron chi connectivity index (χ4n) is 6.05. The Hall–Kier alpha value is -3.74. The third-order valence-corrected chi connectivity index (χ3v) is 7.98. The van der Waals surface area contributed by atoms with Crippen LogP contribution in [0.25, 0.3) is 0 Å². The van der Waals surface area contributed by atoms with E-state index >= 15 is 0 Å². The quantitative estimate of drug-likeness (QED) is 0.479. The topological polar surface area (TPSA) is 94.1 Å². The fraction of sp³-hybridized carbons (Fsp3) is 0.419. The number of hydrogen-bond acceptors (Lipinski definition) is 7. The smallest absolute Gasteiger partial charge is 0.337 e. The van der Waals surface area contributed by atoms with E-state index in [1.165, 1.54) is 6.42 Å². The standard InChI is InChI=1S/C31H35NO6/c1-18-28(31(35)38-23-7-5-4-6-8-23)29(19-9-12-22(33)13-10-19)30-24(32-18)15-21(16-25(30)34)20-11-14-26(36-2)27(17-20)37-3/h9-14,17,21,23,29,32-33H,4-8,15-16H2,1-3H3/t21-,29+/m0/s1. The minimum absolute atomic E-state index is 0.00734. The maximum absolute atomic E-state index is 13.8. The van der Waals surface area contributed by atoms with E-state index in [0.29, 0.717) is 41.2 Å². The zero-order valence-electron chi connectivity index (χ0n) is 22.2. The molecule has 1 heterocycles. The summed E-state index contributed by atoms with van der Waals surface area (Å²) in [5, 5.41) is 13.3. The van der Waals surface area contributed by atoms with Crippen LogP contribution < -0.4 is 14.8 Å². The van der Waals surface area contributed by atoms with Crippen molar-refractivity contribution in [3.63, 3.8) is 0 Å². The summed E-state index contributed by atoms with van der Waals surface area (Å²) in [5.41, 5.74) is 4.38. The molecule has 2 aromatic carbocycles. The molecule has 0 spiro atoms. The van der Waals surface area contributed by atoms with Crippen LogP contribution in [0.15, 0.2) is 65.0 Å². The normalized spacial score (nSPS) is 22.0. The molecule has 2 aromatic rings. The second kappa shape index (κ2) is 10.9. The van der Waals surface area contributed by atoms with Crippen LogP contribution in [0.4, 0.5) is 0 Å². The number of Topliss-reactive ketones (excluding diaryl/α,β-unsaturated/α-hetero) is 1. The number of phenolic OH excluding ortho intramolecular Hbond substituents is 1. The third-order valence-electron chi connectivity index (χ3n) is 7.98. The van der Waals surface area contributed by atoms with Crippen molar-refractivity contribution in [2.75, 3.05) is 14.2 Å². The largest absolute Gasteiger partial charge is 0.508 e. The fourth-order valence-corrected chi connectivity index (χ4v) is 6.05. The van der Waals surface area contributed by atoms with Crippen molar-refractivity contribution in [1.82, 2.24) is 5.32 Å². The van der Waals surface area contributed by atoms with Gasteiger partial charge in [0.05, 0.1) is 19.8 Å². The van der Waals surface area contributed by atoms with Crippen molar-refractivity contribution in [3.05, 3.63) is 76.1 Å². The van der Waals surface area contributed by atoms with Gasteiger partial charge in [0.1, 0.15) is 11.9 Å². The number of ether oxygens (including phenoxy) is 3. The number of hydrogen-bond donors (Lipinski definition) is 2. The zero-order valence-corrected chi connectivity index (χ0v) is 22.2. The first-order valence-corrected chi connectivity index (χ1v) is 13.4. The van der Waals surface area contributed by atoms with E-state index < -0.39 is 5.92 Å². The molecule has 7 nitrogen and oxygen atoms in total. The summed E-state index contributed by atoms with van der Waals surface area (Å²) in [6.07, 6.45) is 5.86. The van der Waals surface area contributed by atoms with Gasteiger partial charge in [-0.3, -0.25) is 4.79 Å². The monoisotopic (exact) mass is 517 g/mol. The molecule has 200 valence electrons. The summed E-state index contributed by atoms with van der Waals surface area (Å²) in [5.74, 6) is 0.418. The highest BCUT2D eigenvalue weighted by Crippen LogP contribution is 2.47. The Bertz CT molecular complexity index is 1290. The average Bonchev–Trinajstić information content (AvgIpc) is 2.92. The SMILES string of the molecule is COc1ccc([C@@H]2CC(=O)C3=C(C2)NC(C)=C(C(=O)OC2CCCCC2)[C@H]3c2ccc(O)cc2)cc1OC. The van der Waals surface area contributed by atoms with Gasteiger partial charge in [0.25, 0.3) is 0 Å². The summed E-state index contributed by atoms with van der Waals surface area (Å²) in [7, 11) is 3.20. The van der Waals surface area contributed by atoms with E-state index in [1.54, 1.807) is 38.5 Å². The van der Waals surface area contributed by atoms with Crippen molar-refractivity contribution >= 4 is 11.8 Å². The molecular formula is C31H35NO6. The molecule has 3 aliphatic rings. The molecule has 1 fully saturated rings. The number of allylic oxidation sites excluding steroid dienone is 3. The number of rotatable bonds is 6. The molecule has 1 saturated carbocycles. The average molecular weight is 518 g/mol. The molecule has 0 bridgehead atoms. The van der Waals surface area contributed by atoms with Crippen LogP contribution in [0.2, 0.25) is 0 Å². The van der Waals surface area contributed by atoms with E-state index in [-0.39, 0.29) is 29.5 Å². The molecule has 38 heavy (non-hydrogen) atoms. The Kier molecular flexibility index (Phi) is 7.45. The molecule has 2 N–H and O–H groups in total. The predicted molar refractivity (Wildman–Crippen MR) is 143 cm³/mol. The lowest BCUT2D eigenvalue weighted by Gasteiger charge is -2.37. The maximum Gasteiger partial charge on any atom is 0.337 e. The summed E-state index contributed by atoms with van der Waals surface area (Å²) in [4.78, 5) is 27.4. The van der Waals surface area contributed by atoms with Crippen molar-refractivity contribution in [2.24, 2.45) is 0 Å². The molecule has 5 rings (SSSR count). The summed E-state index contributed by atoms with van der Waals surface area (Å²) < 4.78 is 16.9. The van der Waals surface area contributed by atoms with Gasteiger partial charge in [0.15, 0.2) is 17.3 Å². The summed E-state index contributed by atoms with van der Waals surface area (Å²) >= 11 is 0. The number of carbonyl (C=O) groups excluding carboxylic acids is 2. The first-order valence-electron chi connectivity index (χ1n) is 13.4. The number of carbonyl (C=O) groups is 2. The van der Waals surface area contributed by atoms with Gasteiger partial charge in [0.2, 0.25) is 0 Å². The third kappa shape index (κ3) is 5.02. The lowest BCUT2D eigenvalue weighted by atomic mass is 9.71. The van der Waals surface area contributed by atoms with E-state index in [0.717, 1.165) is 42.5 Å². The minimum Gasteiger partial charge on any atom is -0.508 e. The van der Waals surface area contributed by atoms with Gasteiger partial charge >= 0.3 is 5.97 Å². The summed E-state index contributed by atoms with van der Waals surface area (Å²) in [6.45, 7) is 1.87. The zero-order chi connectivity index (χ0) is 26.8. The van der Waals surface area contributed by atoms with E-state index in [4.69, 9.17) is 14.2 Å². The number of aromatic hydroxyl groups is 1. The molecule has 0 amide bonds. The molecule has 0 unspecified atom stereocenters.